The summed E-state index contributed by atoms with van der Waals surface area (Å²) in [5.41, 5.74) is 3.63. The van der Waals surface area contributed by atoms with Gasteiger partial charge in [0, 0.05) is 24.0 Å². The third-order valence-corrected chi connectivity index (χ3v) is 4.82. The molecule has 3 aromatic rings. The Bertz CT molecular complexity index is 933. The molecule has 1 fully saturated rings. The Morgan fingerprint density at radius 3 is 2.78 bits per heavy atom. The fourth-order valence-corrected chi connectivity index (χ4v) is 3.46. The van der Waals surface area contributed by atoms with Crippen LogP contribution in [0.1, 0.15) is 31.5 Å². The number of rotatable bonds is 5. The topological polar surface area (TPSA) is 89.1 Å². The highest BCUT2D eigenvalue weighted by Crippen LogP contribution is 2.33. The Morgan fingerprint density at radius 1 is 1.26 bits per heavy atom. The lowest BCUT2D eigenvalue weighted by Gasteiger charge is -2.11. The van der Waals surface area contributed by atoms with Crippen LogP contribution in [-0.4, -0.2) is 34.3 Å². The van der Waals surface area contributed by atoms with E-state index in [4.69, 9.17) is 9.47 Å². The molecule has 0 radical (unpaired) electrons. The molecule has 0 aliphatic heterocycles. The maximum atomic E-state index is 11.9. The van der Waals surface area contributed by atoms with Crippen molar-refractivity contribution in [3.8, 4) is 16.9 Å². The summed E-state index contributed by atoms with van der Waals surface area (Å²) in [5, 5.41) is 2.77. The van der Waals surface area contributed by atoms with Crippen LogP contribution < -0.4 is 10.1 Å². The summed E-state index contributed by atoms with van der Waals surface area (Å²) in [4.78, 5) is 23.8. The number of benzene rings is 1. The minimum Gasteiger partial charge on any atom is -0.496 e. The average Bonchev–Trinajstić information content (AvgIpc) is 3.34. The molecule has 0 saturated heterocycles. The number of nitrogens with zero attached hydrogens (tertiary/aromatic N) is 2. The van der Waals surface area contributed by atoms with Crippen LogP contribution in [0.15, 0.2) is 36.7 Å². The van der Waals surface area contributed by atoms with Crippen molar-refractivity contribution in [2.75, 3.05) is 7.11 Å². The van der Waals surface area contributed by atoms with E-state index in [1.807, 2.05) is 24.3 Å². The van der Waals surface area contributed by atoms with Gasteiger partial charge in [-0.2, -0.15) is 0 Å². The molecule has 0 atom stereocenters. The number of fused-ring (bicyclic) bond motifs is 1. The quantitative estimate of drug-likeness (QED) is 0.717. The summed E-state index contributed by atoms with van der Waals surface area (Å²) in [7, 11) is 1.64. The maximum absolute atomic E-state index is 11.9. The van der Waals surface area contributed by atoms with Crippen LogP contribution >= 0.6 is 0 Å². The molecule has 1 aliphatic rings. The summed E-state index contributed by atoms with van der Waals surface area (Å²) in [6, 6.07) is 7.75. The van der Waals surface area contributed by atoms with Crippen molar-refractivity contribution in [2.45, 2.75) is 38.3 Å². The van der Waals surface area contributed by atoms with Crippen molar-refractivity contribution in [1.82, 2.24) is 20.3 Å². The molecule has 140 valence electrons. The van der Waals surface area contributed by atoms with Crippen molar-refractivity contribution >= 4 is 17.1 Å². The fourth-order valence-electron chi connectivity index (χ4n) is 3.46. The molecule has 0 bridgehead atoms. The molecule has 0 spiro atoms. The van der Waals surface area contributed by atoms with Crippen molar-refractivity contribution in [3.63, 3.8) is 0 Å². The number of hydrogen-bond donors (Lipinski definition) is 2. The number of amides is 1. The Balaban J connectivity index is 1.51. The normalized spacial score (nSPS) is 14.4. The molecule has 1 saturated carbocycles. The van der Waals surface area contributed by atoms with Crippen LogP contribution in [0.3, 0.4) is 0 Å². The Morgan fingerprint density at radius 2 is 2.04 bits per heavy atom. The van der Waals surface area contributed by atoms with Gasteiger partial charge in [0.15, 0.2) is 0 Å². The fraction of sp³-hybridized carbons (Fsp3) is 0.350. The molecule has 1 aliphatic carbocycles. The lowest BCUT2D eigenvalue weighted by molar-refractivity contribution is 0.100. The van der Waals surface area contributed by atoms with Gasteiger partial charge in [-0.05, 0) is 49.4 Å². The summed E-state index contributed by atoms with van der Waals surface area (Å²) >= 11 is 0. The summed E-state index contributed by atoms with van der Waals surface area (Å²) < 4.78 is 10.9. The van der Waals surface area contributed by atoms with Gasteiger partial charge in [0.1, 0.15) is 17.7 Å². The number of carbonyl (C=O) groups is 1. The second kappa shape index (κ2) is 7.65. The number of ether oxygens (including phenoxy) is 2. The van der Waals surface area contributed by atoms with Crippen LogP contribution in [0.25, 0.3) is 22.2 Å². The zero-order valence-electron chi connectivity index (χ0n) is 15.2. The number of imidazole rings is 1. The standard InChI is InChI=1S/C20H22N4O3/c1-26-18-11-17-16(10-15(18)13-6-8-21-9-7-13)23-19(24-17)12-22-20(25)27-14-4-2-3-5-14/h6-11,14H,2-5,12H2,1H3,(H,22,25)(H,23,24). The van der Waals surface area contributed by atoms with Gasteiger partial charge in [0.25, 0.3) is 0 Å². The smallest absolute Gasteiger partial charge is 0.407 e. The summed E-state index contributed by atoms with van der Waals surface area (Å²) in [6.45, 7) is 0.285. The number of aromatic nitrogens is 3. The van der Waals surface area contributed by atoms with E-state index in [1.54, 1.807) is 19.5 Å². The van der Waals surface area contributed by atoms with Gasteiger partial charge >= 0.3 is 6.09 Å². The zero-order chi connectivity index (χ0) is 18.6. The third kappa shape index (κ3) is 3.86. The molecule has 0 unspecified atom stereocenters. The predicted molar refractivity (Wildman–Crippen MR) is 101 cm³/mol. The average molecular weight is 366 g/mol. The van der Waals surface area contributed by atoms with Gasteiger partial charge in [-0.25, -0.2) is 9.78 Å². The number of nitrogens with one attached hydrogen (secondary N) is 2. The number of carbonyl (C=O) groups excluding carboxylic acids is 1. The van der Waals surface area contributed by atoms with Gasteiger partial charge in [-0.1, -0.05) is 0 Å². The number of H-pyrrole nitrogens is 1. The highest BCUT2D eigenvalue weighted by molar-refractivity contribution is 5.86. The van der Waals surface area contributed by atoms with Crippen LogP contribution in [0.4, 0.5) is 4.79 Å². The lowest BCUT2D eigenvalue weighted by atomic mass is 10.1. The van der Waals surface area contributed by atoms with Crippen molar-refractivity contribution in [2.24, 2.45) is 0 Å². The van der Waals surface area contributed by atoms with E-state index in [9.17, 15) is 4.79 Å². The first kappa shape index (κ1) is 17.3. The first-order valence-corrected chi connectivity index (χ1v) is 9.14. The Hall–Kier alpha value is -3.09. The largest absolute Gasteiger partial charge is 0.496 e. The van der Waals surface area contributed by atoms with E-state index in [2.05, 4.69) is 20.3 Å². The van der Waals surface area contributed by atoms with Gasteiger partial charge in [0.05, 0.1) is 24.7 Å². The monoisotopic (exact) mass is 366 g/mol. The molecule has 7 nitrogen and oxygen atoms in total. The predicted octanol–water partition coefficient (Wildman–Crippen LogP) is 3.80. The minimum atomic E-state index is -0.391. The molecule has 2 N–H and O–H groups in total. The molecule has 4 rings (SSSR count). The number of pyridine rings is 1. The van der Waals surface area contributed by atoms with E-state index in [0.717, 1.165) is 53.6 Å². The van der Waals surface area contributed by atoms with Crippen LogP contribution in [0, 0.1) is 0 Å². The number of hydrogen-bond acceptors (Lipinski definition) is 5. The Kier molecular flexibility index (Phi) is 4.91. The lowest BCUT2D eigenvalue weighted by Crippen LogP contribution is -2.27. The SMILES string of the molecule is COc1cc2nc(CNC(=O)OC3CCCC3)[nH]c2cc1-c1ccncc1. The van der Waals surface area contributed by atoms with Crippen LogP contribution in [0.2, 0.25) is 0 Å². The number of alkyl carbamates (subject to hydrolysis) is 1. The second-order valence-electron chi connectivity index (χ2n) is 6.65. The molecule has 2 heterocycles. The molecule has 1 aromatic carbocycles. The minimum absolute atomic E-state index is 0.0489. The van der Waals surface area contributed by atoms with Crippen LogP contribution in [0.5, 0.6) is 5.75 Å². The molecular weight excluding hydrogens is 344 g/mol. The number of methoxy groups -OCH3 is 1. The van der Waals surface area contributed by atoms with E-state index in [1.165, 1.54) is 0 Å². The van der Waals surface area contributed by atoms with E-state index in [0.29, 0.717) is 5.82 Å². The molecule has 7 heteroatoms. The van der Waals surface area contributed by atoms with E-state index >= 15 is 0 Å². The first-order valence-electron chi connectivity index (χ1n) is 9.14. The maximum Gasteiger partial charge on any atom is 0.407 e. The molecule has 27 heavy (non-hydrogen) atoms. The van der Waals surface area contributed by atoms with E-state index < -0.39 is 6.09 Å². The van der Waals surface area contributed by atoms with Gasteiger partial charge in [-0.3, -0.25) is 4.98 Å². The molecule has 2 aromatic heterocycles. The van der Waals surface area contributed by atoms with Crippen LogP contribution in [-0.2, 0) is 11.3 Å². The third-order valence-electron chi connectivity index (χ3n) is 4.82. The first-order chi connectivity index (χ1) is 13.2. The van der Waals surface area contributed by atoms with Crippen molar-refractivity contribution in [3.05, 3.63) is 42.5 Å². The van der Waals surface area contributed by atoms with Gasteiger partial charge in [-0.15, -0.1) is 0 Å². The van der Waals surface area contributed by atoms with Gasteiger partial charge < -0.3 is 19.8 Å². The van der Waals surface area contributed by atoms with Crippen molar-refractivity contribution < 1.29 is 14.3 Å². The summed E-state index contributed by atoms with van der Waals surface area (Å²) in [5.74, 6) is 1.41. The highest BCUT2D eigenvalue weighted by atomic mass is 16.6. The Labute approximate surface area is 157 Å². The van der Waals surface area contributed by atoms with Gasteiger partial charge in [0.2, 0.25) is 0 Å². The zero-order valence-corrected chi connectivity index (χ0v) is 15.2. The van der Waals surface area contributed by atoms with Crippen molar-refractivity contribution in [1.29, 1.82) is 0 Å². The summed E-state index contributed by atoms with van der Waals surface area (Å²) in [6.07, 6.45) is 7.32. The molecule has 1 amide bonds. The van der Waals surface area contributed by atoms with E-state index in [-0.39, 0.29) is 12.6 Å². The number of aromatic amines is 1. The highest BCUT2D eigenvalue weighted by Gasteiger charge is 2.19. The molecular formula is C20H22N4O3. The second-order valence-corrected chi connectivity index (χ2v) is 6.65.